The normalized spacial score (nSPS) is 14.3. The smallest absolute Gasteiger partial charge is 0.227 e. The van der Waals surface area contributed by atoms with E-state index in [0.29, 0.717) is 13.1 Å². The zero-order valence-corrected chi connectivity index (χ0v) is 20.3. The van der Waals surface area contributed by atoms with Gasteiger partial charge in [-0.1, -0.05) is 49.7 Å². The first kappa shape index (κ1) is 23.5. The third-order valence-electron chi connectivity index (χ3n) is 6.29. The first-order valence-corrected chi connectivity index (χ1v) is 11.9. The number of anilines is 3. The molecule has 2 amide bonds. The Balaban J connectivity index is 1.54. The van der Waals surface area contributed by atoms with E-state index in [9.17, 15) is 9.59 Å². The number of aromatic nitrogens is 2. The van der Waals surface area contributed by atoms with Crippen molar-refractivity contribution in [2.24, 2.45) is 11.8 Å². The Morgan fingerprint density at radius 1 is 0.941 bits per heavy atom. The fraction of sp³-hybridized carbons (Fsp3) is 0.370. The van der Waals surface area contributed by atoms with Crippen LogP contribution in [-0.2, 0) is 9.59 Å². The number of piperidine rings is 1. The maximum Gasteiger partial charge on any atom is 0.227 e. The molecule has 0 radical (unpaired) electrons. The average molecular weight is 460 g/mol. The SMILES string of the molecule is Cc1ccc(NC(=O)C2CCN(c3c(NC(=O)C(C)C)c(C)nn3-c3ccccc3)CC2)cc1. The number of para-hydroxylation sites is 1. The quantitative estimate of drug-likeness (QED) is 0.547. The Morgan fingerprint density at radius 2 is 1.59 bits per heavy atom. The van der Waals surface area contributed by atoms with Crippen LogP contribution in [0.4, 0.5) is 17.2 Å². The second-order valence-corrected chi connectivity index (χ2v) is 9.29. The summed E-state index contributed by atoms with van der Waals surface area (Å²) in [6, 6.07) is 17.8. The van der Waals surface area contributed by atoms with Gasteiger partial charge in [0.25, 0.3) is 0 Å². The maximum atomic E-state index is 12.9. The molecule has 1 aliphatic heterocycles. The largest absolute Gasteiger partial charge is 0.355 e. The summed E-state index contributed by atoms with van der Waals surface area (Å²) in [5, 5.41) is 10.9. The molecule has 1 aromatic heterocycles. The van der Waals surface area contributed by atoms with Gasteiger partial charge in [0.15, 0.2) is 5.82 Å². The number of amides is 2. The molecule has 0 atom stereocenters. The van der Waals surface area contributed by atoms with E-state index in [2.05, 4.69) is 15.5 Å². The second kappa shape index (κ2) is 10.1. The molecule has 2 N–H and O–H groups in total. The van der Waals surface area contributed by atoms with Crippen LogP contribution < -0.4 is 15.5 Å². The highest BCUT2D eigenvalue weighted by Gasteiger charge is 2.30. The number of aryl methyl sites for hydroxylation is 2. The Kier molecular flexibility index (Phi) is 7.01. The number of benzene rings is 2. The molecule has 0 saturated carbocycles. The summed E-state index contributed by atoms with van der Waals surface area (Å²) < 4.78 is 1.90. The van der Waals surface area contributed by atoms with Gasteiger partial charge < -0.3 is 15.5 Å². The summed E-state index contributed by atoms with van der Waals surface area (Å²) in [4.78, 5) is 27.7. The molecule has 0 spiro atoms. The molecule has 0 aliphatic carbocycles. The lowest BCUT2D eigenvalue weighted by Gasteiger charge is -2.33. The predicted octanol–water partition coefficient (Wildman–Crippen LogP) is 4.94. The van der Waals surface area contributed by atoms with Crippen molar-refractivity contribution >= 4 is 29.0 Å². The van der Waals surface area contributed by atoms with Crippen LogP contribution in [0, 0.1) is 25.7 Å². The molecule has 1 aliphatic rings. The number of carbonyl (C=O) groups excluding carboxylic acids is 2. The van der Waals surface area contributed by atoms with Crippen LogP contribution >= 0.6 is 0 Å². The zero-order valence-electron chi connectivity index (χ0n) is 20.3. The standard InChI is InChI=1S/C27H33N5O2/c1-18(2)25(33)29-24-20(4)30-32(23-8-6-5-7-9-23)27(24)31-16-14-21(15-17-31)26(34)28-22-12-10-19(3)11-13-22/h5-13,18,21H,14-17H2,1-4H3,(H,28,34)(H,29,33). The maximum absolute atomic E-state index is 12.9. The lowest BCUT2D eigenvalue weighted by Crippen LogP contribution is -2.39. The van der Waals surface area contributed by atoms with Crippen molar-refractivity contribution in [3.63, 3.8) is 0 Å². The van der Waals surface area contributed by atoms with Crippen LogP contribution in [-0.4, -0.2) is 34.7 Å². The Morgan fingerprint density at radius 3 is 2.21 bits per heavy atom. The van der Waals surface area contributed by atoms with E-state index in [0.717, 1.165) is 47.0 Å². The number of hydrogen-bond acceptors (Lipinski definition) is 4. The molecule has 2 heterocycles. The fourth-order valence-electron chi connectivity index (χ4n) is 4.20. The molecule has 7 heteroatoms. The molecule has 1 fully saturated rings. The molecular weight excluding hydrogens is 426 g/mol. The van der Waals surface area contributed by atoms with E-state index >= 15 is 0 Å². The number of rotatable bonds is 6. The molecule has 0 bridgehead atoms. The Hall–Kier alpha value is -3.61. The van der Waals surface area contributed by atoms with Crippen molar-refractivity contribution in [1.29, 1.82) is 0 Å². The Bertz CT molecular complexity index is 1140. The van der Waals surface area contributed by atoms with E-state index in [1.54, 1.807) is 0 Å². The molecule has 34 heavy (non-hydrogen) atoms. The summed E-state index contributed by atoms with van der Waals surface area (Å²) in [7, 11) is 0. The lowest BCUT2D eigenvalue weighted by molar-refractivity contribution is -0.120. The highest BCUT2D eigenvalue weighted by molar-refractivity contribution is 5.96. The number of carbonyl (C=O) groups is 2. The van der Waals surface area contributed by atoms with E-state index in [-0.39, 0.29) is 23.7 Å². The molecular formula is C27H33N5O2. The van der Waals surface area contributed by atoms with Crippen LogP contribution in [0.25, 0.3) is 5.69 Å². The van der Waals surface area contributed by atoms with Gasteiger partial charge in [0.05, 0.1) is 11.4 Å². The third kappa shape index (κ3) is 5.14. The topological polar surface area (TPSA) is 79.3 Å². The monoisotopic (exact) mass is 459 g/mol. The first-order chi connectivity index (χ1) is 16.3. The minimum atomic E-state index is -0.136. The van der Waals surface area contributed by atoms with E-state index in [1.165, 1.54) is 0 Å². The predicted molar refractivity (Wildman–Crippen MR) is 137 cm³/mol. The molecule has 2 aromatic carbocycles. The Labute approximate surface area is 201 Å². The van der Waals surface area contributed by atoms with Gasteiger partial charge in [-0.3, -0.25) is 9.59 Å². The lowest BCUT2D eigenvalue weighted by atomic mass is 9.95. The third-order valence-corrected chi connectivity index (χ3v) is 6.29. The van der Waals surface area contributed by atoms with Crippen molar-refractivity contribution in [2.45, 2.75) is 40.5 Å². The van der Waals surface area contributed by atoms with Gasteiger partial charge in [-0.25, -0.2) is 4.68 Å². The van der Waals surface area contributed by atoms with Crippen LogP contribution in [0.2, 0.25) is 0 Å². The van der Waals surface area contributed by atoms with E-state index in [1.807, 2.05) is 87.0 Å². The highest BCUT2D eigenvalue weighted by Crippen LogP contribution is 2.35. The number of nitrogens with one attached hydrogen (secondary N) is 2. The summed E-state index contributed by atoms with van der Waals surface area (Å²) in [6.45, 7) is 9.11. The van der Waals surface area contributed by atoms with Crippen molar-refractivity contribution in [2.75, 3.05) is 28.6 Å². The van der Waals surface area contributed by atoms with Crippen molar-refractivity contribution in [3.05, 3.63) is 65.9 Å². The van der Waals surface area contributed by atoms with Crippen LogP contribution in [0.1, 0.15) is 37.9 Å². The van der Waals surface area contributed by atoms with Crippen molar-refractivity contribution in [1.82, 2.24) is 9.78 Å². The average Bonchev–Trinajstić information content (AvgIpc) is 3.17. The van der Waals surface area contributed by atoms with E-state index in [4.69, 9.17) is 5.10 Å². The van der Waals surface area contributed by atoms with E-state index < -0.39 is 0 Å². The van der Waals surface area contributed by atoms with Gasteiger partial charge in [0.2, 0.25) is 11.8 Å². The summed E-state index contributed by atoms with van der Waals surface area (Å²) in [5.41, 5.74) is 4.44. The summed E-state index contributed by atoms with van der Waals surface area (Å²) in [5.74, 6) is 0.702. The van der Waals surface area contributed by atoms with Crippen LogP contribution in [0.5, 0.6) is 0 Å². The molecule has 178 valence electrons. The van der Waals surface area contributed by atoms with Gasteiger partial charge in [-0.15, -0.1) is 0 Å². The van der Waals surface area contributed by atoms with Gasteiger partial charge in [0.1, 0.15) is 5.69 Å². The molecule has 0 unspecified atom stereocenters. The summed E-state index contributed by atoms with van der Waals surface area (Å²) in [6.07, 6.45) is 1.46. The molecule has 4 rings (SSSR count). The van der Waals surface area contributed by atoms with Gasteiger partial charge in [-0.2, -0.15) is 5.10 Å². The highest BCUT2D eigenvalue weighted by atomic mass is 16.2. The van der Waals surface area contributed by atoms with Crippen LogP contribution in [0.3, 0.4) is 0 Å². The van der Waals surface area contributed by atoms with Crippen molar-refractivity contribution in [3.8, 4) is 5.69 Å². The number of nitrogens with zero attached hydrogens (tertiary/aromatic N) is 3. The minimum Gasteiger partial charge on any atom is -0.355 e. The minimum absolute atomic E-state index is 0.0377. The first-order valence-electron chi connectivity index (χ1n) is 11.9. The van der Waals surface area contributed by atoms with Gasteiger partial charge in [0, 0.05) is 30.6 Å². The second-order valence-electron chi connectivity index (χ2n) is 9.29. The summed E-state index contributed by atoms with van der Waals surface area (Å²) >= 11 is 0. The molecule has 3 aromatic rings. The molecule has 1 saturated heterocycles. The molecule has 7 nitrogen and oxygen atoms in total. The van der Waals surface area contributed by atoms with Gasteiger partial charge in [-0.05, 0) is 51.0 Å². The van der Waals surface area contributed by atoms with Crippen LogP contribution in [0.15, 0.2) is 54.6 Å². The fourth-order valence-corrected chi connectivity index (χ4v) is 4.20. The zero-order chi connectivity index (χ0) is 24.2. The van der Waals surface area contributed by atoms with Gasteiger partial charge >= 0.3 is 0 Å². The van der Waals surface area contributed by atoms with Crippen molar-refractivity contribution < 1.29 is 9.59 Å². The number of hydrogen-bond donors (Lipinski definition) is 2.